The zero-order valence-corrected chi connectivity index (χ0v) is 11.3. The van der Waals surface area contributed by atoms with Crippen LogP contribution in [0.25, 0.3) is 0 Å². The molecule has 4 nitrogen and oxygen atoms in total. The average Bonchev–Trinajstić information content (AvgIpc) is 2.25. The average molecular weight is 240 g/mol. The topological polar surface area (TPSA) is 49.4 Å². The van der Waals surface area contributed by atoms with Crippen LogP contribution in [0, 0.1) is 11.8 Å². The fourth-order valence-corrected chi connectivity index (χ4v) is 2.16. The van der Waals surface area contributed by atoms with Gasteiger partial charge in [-0.25, -0.2) is 0 Å². The molecule has 0 spiro atoms. The second kappa shape index (κ2) is 6.03. The zero-order chi connectivity index (χ0) is 13.0. The van der Waals surface area contributed by atoms with Crippen LogP contribution in [0.2, 0.25) is 0 Å². The Morgan fingerprint density at radius 2 is 1.76 bits per heavy atom. The maximum atomic E-state index is 12.3. The first-order valence-electron chi connectivity index (χ1n) is 6.47. The predicted molar refractivity (Wildman–Crippen MR) is 67.4 cm³/mol. The highest BCUT2D eigenvalue weighted by Crippen LogP contribution is 2.18. The predicted octanol–water partition coefficient (Wildman–Crippen LogP) is 1.41. The van der Waals surface area contributed by atoms with Gasteiger partial charge in [-0.3, -0.25) is 9.59 Å². The zero-order valence-electron chi connectivity index (χ0n) is 11.3. The van der Waals surface area contributed by atoms with Gasteiger partial charge >= 0.3 is 0 Å². The van der Waals surface area contributed by atoms with Crippen LogP contribution in [-0.4, -0.2) is 35.8 Å². The Hall–Kier alpha value is -1.06. The van der Waals surface area contributed by atoms with E-state index in [0.29, 0.717) is 5.92 Å². The normalized spacial score (nSPS) is 19.2. The first-order valence-corrected chi connectivity index (χ1v) is 6.47. The SMILES string of the molecule is CC(=O)NC(C(=O)N1CCC(C)CC1)C(C)C. The Balaban J connectivity index is 2.61. The van der Waals surface area contributed by atoms with Crippen molar-refractivity contribution in [2.24, 2.45) is 11.8 Å². The van der Waals surface area contributed by atoms with E-state index in [1.165, 1.54) is 6.92 Å². The second-order valence-electron chi connectivity index (χ2n) is 5.43. The summed E-state index contributed by atoms with van der Waals surface area (Å²) >= 11 is 0. The quantitative estimate of drug-likeness (QED) is 0.810. The van der Waals surface area contributed by atoms with Gasteiger partial charge in [-0.2, -0.15) is 0 Å². The van der Waals surface area contributed by atoms with Crippen molar-refractivity contribution >= 4 is 11.8 Å². The molecule has 1 N–H and O–H groups in total. The van der Waals surface area contributed by atoms with Crippen LogP contribution >= 0.6 is 0 Å². The van der Waals surface area contributed by atoms with Gasteiger partial charge in [0.2, 0.25) is 11.8 Å². The molecule has 1 rings (SSSR count). The lowest BCUT2D eigenvalue weighted by Crippen LogP contribution is -2.52. The minimum atomic E-state index is -0.374. The summed E-state index contributed by atoms with van der Waals surface area (Å²) in [6.07, 6.45) is 2.13. The van der Waals surface area contributed by atoms with E-state index in [9.17, 15) is 9.59 Å². The van der Waals surface area contributed by atoms with Crippen LogP contribution < -0.4 is 5.32 Å². The third-order valence-electron chi connectivity index (χ3n) is 3.39. The van der Waals surface area contributed by atoms with Gasteiger partial charge < -0.3 is 10.2 Å². The van der Waals surface area contributed by atoms with Crippen molar-refractivity contribution in [1.82, 2.24) is 10.2 Å². The number of nitrogens with one attached hydrogen (secondary N) is 1. The number of amides is 2. The summed E-state index contributed by atoms with van der Waals surface area (Å²) in [6, 6.07) is -0.374. The summed E-state index contributed by atoms with van der Waals surface area (Å²) in [5.41, 5.74) is 0. The standard InChI is InChI=1S/C13H24N2O2/c1-9(2)12(14-11(4)16)13(17)15-7-5-10(3)6-8-15/h9-10,12H,5-8H2,1-4H3,(H,14,16). The summed E-state index contributed by atoms with van der Waals surface area (Å²) in [7, 11) is 0. The van der Waals surface area contributed by atoms with Gasteiger partial charge in [0.05, 0.1) is 0 Å². The van der Waals surface area contributed by atoms with Crippen LogP contribution in [0.4, 0.5) is 0 Å². The molecule has 1 aliphatic heterocycles. The van der Waals surface area contributed by atoms with E-state index in [0.717, 1.165) is 25.9 Å². The highest BCUT2D eigenvalue weighted by atomic mass is 16.2. The molecule has 1 unspecified atom stereocenters. The van der Waals surface area contributed by atoms with Gasteiger partial charge in [-0.15, -0.1) is 0 Å². The summed E-state index contributed by atoms with van der Waals surface area (Å²) in [4.78, 5) is 25.3. The molecule has 0 aromatic rings. The Kier molecular flexibility index (Phi) is 4.97. The molecule has 0 aromatic carbocycles. The molecule has 0 saturated carbocycles. The van der Waals surface area contributed by atoms with Gasteiger partial charge in [-0.1, -0.05) is 20.8 Å². The first-order chi connectivity index (χ1) is 7.91. The second-order valence-corrected chi connectivity index (χ2v) is 5.43. The number of nitrogens with zero attached hydrogens (tertiary/aromatic N) is 1. The monoisotopic (exact) mass is 240 g/mol. The van der Waals surface area contributed by atoms with Crippen LogP contribution in [0.5, 0.6) is 0 Å². The highest BCUT2D eigenvalue weighted by Gasteiger charge is 2.29. The summed E-state index contributed by atoms with van der Waals surface area (Å²) in [6.45, 7) is 9.25. The Morgan fingerprint density at radius 1 is 1.24 bits per heavy atom. The minimum absolute atomic E-state index is 0.0714. The third kappa shape index (κ3) is 4.02. The molecule has 98 valence electrons. The molecule has 17 heavy (non-hydrogen) atoms. The lowest BCUT2D eigenvalue weighted by molar-refractivity contribution is -0.138. The molecule has 1 atom stereocenters. The van der Waals surface area contributed by atoms with Crippen molar-refractivity contribution < 1.29 is 9.59 Å². The highest BCUT2D eigenvalue weighted by molar-refractivity contribution is 5.87. The molecule has 4 heteroatoms. The van der Waals surface area contributed by atoms with Crippen molar-refractivity contribution in [2.75, 3.05) is 13.1 Å². The summed E-state index contributed by atoms with van der Waals surface area (Å²) in [5, 5.41) is 2.76. The van der Waals surface area contributed by atoms with Crippen molar-refractivity contribution in [3.8, 4) is 0 Å². The maximum Gasteiger partial charge on any atom is 0.245 e. The minimum Gasteiger partial charge on any atom is -0.344 e. The van der Waals surface area contributed by atoms with E-state index < -0.39 is 0 Å². The molecule has 1 aliphatic rings. The lowest BCUT2D eigenvalue weighted by atomic mass is 9.96. The molecule has 0 bridgehead atoms. The fraction of sp³-hybridized carbons (Fsp3) is 0.846. The third-order valence-corrected chi connectivity index (χ3v) is 3.39. The molecule has 0 radical (unpaired) electrons. The van der Waals surface area contributed by atoms with Crippen molar-refractivity contribution in [1.29, 1.82) is 0 Å². The van der Waals surface area contributed by atoms with E-state index in [1.54, 1.807) is 0 Å². The number of hydrogen-bond acceptors (Lipinski definition) is 2. The summed E-state index contributed by atoms with van der Waals surface area (Å²) < 4.78 is 0. The van der Waals surface area contributed by atoms with E-state index >= 15 is 0 Å². The molecule has 1 saturated heterocycles. The van der Waals surface area contributed by atoms with E-state index in [-0.39, 0.29) is 23.8 Å². The smallest absolute Gasteiger partial charge is 0.245 e. The molecule has 1 fully saturated rings. The molecule has 0 aliphatic carbocycles. The molecular weight excluding hydrogens is 216 g/mol. The Morgan fingerprint density at radius 3 is 2.18 bits per heavy atom. The number of piperidine rings is 1. The van der Waals surface area contributed by atoms with Gasteiger partial charge in [0.1, 0.15) is 6.04 Å². The van der Waals surface area contributed by atoms with Crippen molar-refractivity contribution in [3.63, 3.8) is 0 Å². The van der Waals surface area contributed by atoms with Gasteiger partial charge in [-0.05, 0) is 24.7 Å². The largest absolute Gasteiger partial charge is 0.344 e. The van der Waals surface area contributed by atoms with E-state index in [4.69, 9.17) is 0 Å². The molecule has 1 heterocycles. The van der Waals surface area contributed by atoms with Gasteiger partial charge in [0, 0.05) is 20.0 Å². The van der Waals surface area contributed by atoms with Crippen LogP contribution in [0.15, 0.2) is 0 Å². The van der Waals surface area contributed by atoms with Crippen molar-refractivity contribution in [3.05, 3.63) is 0 Å². The number of carbonyl (C=O) groups is 2. The number of rotatable bonds is 3. The fourth-order valence-electron chi connectivity index (χ4n) is 2.16. The van der Waals surface area contributed by atoms with E-state index in [1.807, 2.05) is 18.7 Å². The van der Waals surface area contributed by atoms with E-state index in [2.05, 4.69) is 12.2 Å². The maximum absolute atomic E-state index is 12.3. The van der Waals surface area contributed by atoms with Crippen molar-refractivity contribution in [2.45, 2.75) is 46.6 Å². The molecular formula is C13H24N2O2. The molecule has 2 amide bonds. The van der Waals surface area contributed by atoms with Crippen LogP contribution in [0.1, 0.15) is 40.5 Å². The first kappa shape index (κ1) is 14.0. The lowest BCUT2D eigenvalue weighted by Gasteiger charge is -2.34. The summed E-state index contributed by atoms with van der Waals surface area (Å²) in [5.74, 6) is 0.771. The molecule has 0 aromatic heterocycles. The van der Waals surface area contributed by atoms with Crippen LogP contribution in [-0.2, 0) is 9.59 Å². The van der Waals surface area contributed by atoms with Crippen LogP contribution in [0.3, 0.4) is 0 Å². The Bertz CT molecular complexity index is 281. The van der Waals surface area contributed by atoms with Gasteiger partial charge in [0.15, 0.2) is 0 Å². The number of likely N-dealkylation sites (tertiary alicyclic amines) is 1. The number of hydrogen-bond donors (Lipinski definition) is 1. The van der Waals surface area contributed by atoms with Gasteiger partial charge in [0.25, 0.3) is 0 Å². The Labute approximate surface area is 104 Å². The number of carbonyl (C=O) groups excluding carboxylic acids is 2.